The van der Waals surface area contributed by atoms with Gasteiger partial charge in [0.2, 0.25) is 10.0 Å². The van der Waals surface area contributed by atoms with Gasteiger partial charge < -0.3 is 10.2 Å². The first-order chi connectivity index (χ1) is 14.4. The fraction of sp³-hybridized carbons (Fsp3) is 0.435. The minimum absolute atomic E-state index is 0.136. The third kappa shape index (κ3) is 6.31. The monoisotopic (exact) mass is 429 g/mol. The van der Waals surface area contributed by atoms with Crippen molar-refractivity contribution in [3.63, 3.8) is 0 Å². The van der Waals surface area contributed by atoms with Gasteiger partial charge in [0.05, 0.1) is 12.3 Å². The maximum atomic E-state index is 12.7. The number of likely N-dealkylation sites (tertiary alicyclic amines) is 1. The zero-order valence-electron chi connectivity index (χ0n) is 17.7. The molecule has 1 saturated heterocycles. The minimum Gasteiger partial charge on any atom is -0.338 e. The summed E-state index contributed by atoms with van der Waals surface area (Å²) >= 11 is 0. The highest BCUT2D eigenvalue weighted by molar-refractivity contribution is 7.88. The van der Waals surface area contributed by atoms with Crippen LogP contribution in [0.15, 0.2) is 54.6 Å². The van der Waals surface area contributed by atoms with Crippen LogP contribution in [0.25, 0.3) is 0 Å². The van der Waals surface area contributed by atoms with Gasteiger partial charge in [-0.3, -0.25) is 0 Å². The molecule has 1 fully saturated rings. The highest BCUT2D eigenvalue weighted by Gasteiger charge is 2.35. The van der Waals surface area contributed by atoms with Crippen molar-refractivity contribution >= 4 is 16.1 Å². The second-order valence-corrected chi connectivity index (χ2v) is 9.70. The van der Waals surface area contributed by atoms with Crippen molar-refractivity contribution in [2.75, 3.05) is 19.3 Å². The molecular weight excluding hydrogens is 398 g/mol. The number of sulfonamides is 1. The van der Waals surface area contributed by atoms with Crippen LogP contribution in [0, 0.1) is 0 Å². The van der Waals surface area contributed by atoms with Crippen molar-refractivity contribution in [2.45, 2.75) is 44.7 Å². The smallest absolute Gasteiger partial charge is 0.317 e. The summed E-state index contributed by atoms with van der Waals surface area (Å²) < 4.78 is 26.6. The molecule has 0 spiro atoms. The molecule has 1 heterocycles. The van der Waals surface area contributed by atoms with Gasteiger partial charge in [-0.15, -0.1) is 0 Å². The van der Waals surface area contributed by atoms with Gasteiger partial charge >= 0.3 is 6.03 Å². The molecule has 0 aromatic heterocycles. The zero-order valence-corrected chi connectivity index (χ0v) is 18.5. The molecule has 2 aromatic carbocycles. The molecule has 1 aliphatic heterocycles. The minimum atomic E-state index is -3.37. The fourth-order valence-corrected chi connectivity index (χ4v) is 4.99. The van der Waals surface area contributed by atoms with Gasteiger partial charge in [0, 0.05) is 19.1 Å². The molecule has 2 amide bonds. The number of hydrogen-bond donors (Lipinski definition) is 2. The van der Waals surface area contributed by atoms with E-state index in [2.05, 4.69) is 40.4 Å². The number of rotatable bonds is 7. The van der Waals surface area contributed by atoms with E-state index >= 15 is 0 Å². The van der Waals surface area contributed by atoms with Gasteiger partial charge in [0.1, 0.15) is 0 Å². The quantitative estimate of drug-likeness (QED) is 0.710. The summed E-state index contributed by atoms with van der Waals surface area (Å²) in [5, 5.41) is 2.87. The SMILES string of the molecule is CCNC(=O)N1CCC[C@@H](NS(C)(=O)=O)[C@H]1Cc1cccc(Cc2ccccc2)c1. The first-order valence-electron chi connectivity index (χ1n) is 10.5. The van der Waals surface area contributed by atoms with Crippen LogP contribution in [-0.4, -0.2) is 50.8 Å². The summed E-state index contributed by atoms with van der Waals surface area (Å²) in [6.07, 6.45) is 4.11. The molecule has 0 bridgehead atoms. The first kappa shape index (κ1) is 22.3. The average Bonchev–Trinajstić information content (AvgIpc) is 2.69. The van der Waals surface area contributed by atoms with Crippen molar-refractivity contribution < 1.29 is 13.2 Å². The molecule has 0 radical (unpaired) electrons. The average molecular weight is 430 g/mol. The van der Waals surface area contributed by atoms with Gasteiger partial charge in [-0.2, -0.15) is 0 Å². The Bertz CT molecular complexity index is 947. The first-order valence-corrected chi connectivity index (χ1v) is 12.4. The van der Waals surface area contributed by atoms with E-state index in [1.54, 1.807) is 4.90 Å². The Kier molecular flexibility index (Phi) is 7.50. The number of urea groups is 1. The van der Waals surface area contributed by atoms with Crippen molar-refractivity contribution in [3.8, 4) is 0 Å². The normalized spacial score (nSPS) is 19.5. The molecule has 30 heavy (non-hydrogen) atoms. The third-order valence-corrected chi connectivity index (χ3v) is 6.15. The Labute approximate surface area is 179 Å². The summed E-state index contributed by atoms with van der Waals surface area (Å²) in [6.45, 7) is 3.05. The van der Waals surface area contributed by atoms with E-state index in [4.69, 9.17) is 0 Å². The molecule has 2 N–H and O–H groups in total. The summed E-state index contributed by atoms with van der Waals surface area (Å²) in [6, 6.07) is 18.0. The molecule has 1 aliphatic rings. The summed E-state index contributed by atoms with van der Waals surface area (Å²) in [7, 11) is -3.37. The number of carbonyl (C=O) groups excluding carboxylic acids is 1. The molecule has 2 aromatic rings. The second-order valence-electron chi connectivity index (χ2n) is 7.92. The van der Waals surface area contributed by atoms with E-state index in [1.165, 1.54) is 17.4 Å². The zero-order chi connectivity index (χ0) is 21.6. The number of carbonyl (C=O) groups is 1. The Balaban J connectivity index is 1.83. The van der Waals surface area contributed by atoms with Crippen LogP contribution in [-0.2, 0) is 22.9 Å². The summed E-state index contributed by atoms with van der Waals surface area (Å²) in [4.78, 5) is 14.4. The Morgan fingerprint density at radius 3 is 2.47 bits per heavy atom. The molecule has 0 aliphatic carbocycles. The van der Waals surface area contributed by atoms with E-state index in [0.29, 0.717) is 19.5 Å². The van der Waals surface area contributed by atoms with Crippen molar-refractivity contribution in [1.29, 1.82) is 0 Å². The lowest BCUT2D eigenvalue weighted by Gasteiger charge is -2.41. The number of nitrogens with zero attached hydrogens (tertiary/aromatic N) is 1. The van der Waals surface area contributed by atoms with Crippen molar-refractivity contribution in [1.82, 2.24) is 14.9 Å². The Hall–Kier alpha value is -2.38. The van der Waals surface area contributed by atoms with E-state index in [1.807, 2.05) is 31.2 Å². The summed E-state index contributed by atoms with van der Waals surface area (Å²) in [5.41, 5.74) is 3.55. The predicted octanol–water partition coefficient (Wildman–Crippen LogP) is 2.93. The van der Waals surface area contributed by atoms with Gasteiger partial charge in [-0.1, -0.05) is 54.6 Å². The molecular formula is C23H31N3O3S. The highest BCUT2D eigenvalue weighted by Crippen LogP contribution is 2.23. The number of benzene rings is 2. The molecule has 6 nitrogen and oxygen atoms in total. The molecule has 0 saturated carbocycles. The van der Waals surface area contributed by atoms with Crippen molar-refractivity contribution in [3.05, 3.63) is 71.3 Å². The highest BCUT2D eigenvalue weighted by atomic mass is 32.2. The number of hydrogen-bond acceptors (Lipinski definition) is 3. The van der Waals surface area contributed by atoms with Crippen molar-refractivity contribution in [2.24, 2.45) is 0 Å². The third-order valence-electron chi connectivity index (χ3n) is 5.42. The number of piperidine rings is 1. The van der Waals surface area contributed by atoms with Gasteiger partial charge in [0.25, 0.3) is 0 Å². The van der Waals surface area contributed by atoms with Gasteiger partial charge in [0.15, 0.2) is 0 Å². The standard InChI is InChI=1S/C23H31N3O3S/c1-3-24-23(27)26-14-8-13-21(25-30(2,28)29)22(26)17-20-12-7-11-19(16-20)15-18-9-5-4-6-10-18/h4-7,9-12,16,21-22,25H,3,8,13-15,17H2,1-2H3,(H,24,27)/t21-,22-/m1/s1. The molecule has 162 valence electrons. The molecule has 0 unspecified atom stereocenters. The topological polar surface area (TPSA) is 78.5 Å². The second kappa shape index (κ2) is 10.1. The van der Waals surface area contributed by atoms with Crippen LogP contribution < -0.4 is 10.0 Å². The van der Waals surface area contributed by atoms with Gasteiger partial charge in [-0.05, 0) is 49.3 Å². The van der Waals surface area contributed by atoms with Crippen LogP contribution in [0.2, 0.25) is 0 Å². The predicted molar refractivity (Wildman–Crippen MR) is 120 cm³/mol. The van der Waals surface area contributed by atoms with Crippen LogP contribution in [0.1, 0.15) is 36.5 Å². The molecule has 2 atom stereocenters. The lowest BCUT2D eigenvalue weighted by atomic mass is 9.90. The van der Waals surface area contributed by atoms with E-state index in [-0.39, 0.29) is 18.1 Å². The molecule has 7 heteroatoms. The van der Waals surface area contributed by atoms with Crippen LogP contribution in [0.5, 0.6) is 0 Å². The Morgan fingerprint density at radius 2 is 1.77 bits per heavy atom. The van der Waals surface area contributed by atoms with E-state index in [0.717, 1.165) is 24.8 Å². The van der Waals surface area contributed by atoms with Gasteiger partial charge in [-0.25, -0.2) is 17.9 Å². The van der Waals surface area contributed by atoms with E-state index in [9.17, 15) is 13.2 Å². The lowest BCUT2D eigenvalue weighted by Crippen LogP contribution is -2.59. The molecule has 3 rings (SSSR count). The Morgan fingerprint density at radius 1 is 1.07 bits per heavy atom. The maximum Gasteiger partial charge on any atom is 0.317 e. The largest absolute Gasteiger partial charge is 0.338 e. The van der Waals surface area contributed by atoms with E-state index < -0.39 is 10.0 Å². The van der Waals surface area contributed by atoms with Crippen LogP contribution in [0.3, 0.4) is 0 Å². The fourth-order valence-electron chi connectivity index (χ4n) is 4.17. The van der Waals surface area contributed by atoms with Crippen LogP contribution in [0.4, 0.5) is 4.79 Å². The lowest BCUT2D eigenvalue weighted by molar-refractivity contribution is 0.134. The number of nitrogens with one attached hydrogen (secondary N) is 2. The summed E-state index contributed by atoms with van der Waals surface area (Å²) in [5.74, 6) is 0. The van der Waals surface area contributed by atoms with Crippen LogP contribution >= 0.6 is 0 Å². The number of amides is 2. The maximum absolute atomic E-state index is 12.7.